The zero-order valence-electron chi connectivity index (χ0n) is 22.3. The Hall–Kier alpha value is -1.86. The molecule has 0 saturated heterocycles. The van der Waals surface area contributed by atoms with Crippen LogP contribution >= 0.6 is 0 Å². The quantitative estimate of drug-likeness (QED) is 0.308. The monoisotopic (exact) mass is 479 g/mol. The van der Waals surface area contributed by atoms with Crippen molar-refractivity contribution in [3.05, 3.63) is 35.9 Å². The van der Waals surface area contributed by atoms with Gasteiger partial charge in [0.25, 0.3) is 0 Å². The van der Waals surface area contributed by atoms with Gasteiger partial charge in [0.15, 0.2) is 8.32 Å². The number of ether oxygens (including phenoxy) is 2. The van der Waals surface area contributed by atoms with Crippen molar-refractivity contribution in [3.63, 3.8) is 0 Å². The van der Waals surface area contributed by atoms with Gasteiger partial charge in [-0.3, -0.25) is 4.79 Å². The van der Waals surface area contributed by atoms with Crippen LogP contribution in [-0.4, -0.2) is 38.1 Å². The summed E-state index contributed by atoms with van der Waals surface area (Å²) in [5.74, 6) is -0.268. The van der Waals surface area contributed by atoms with Crippen LogP contribution in [0.3, 0.4) is 0 Å². The molecule has 0 fully saturated rings. The fourth-order valence-corrected chi connectivity index (χ4v) is 4.40. The van der Waals surface area contributed by atoms with E-state index in [2.05, 4.69) is 53.0 Å². The highest BCUT2D eigenvalue weighted by atomic mass is 28.4. The summed E-state index contributed by atoms with van der Waals surface area (Å²) in [5.41, 5.74) is 0.312. The zero-order chi connectivity index (χ0) is 25.4. The lowest BCUT2D eigenvalue weighted by atomic mass is 9.93. The summed E-state index contributed by atoms with van der Waals surface area (Å²) in [4.78, 5) is 25.5. The lowest BCUT2D eigenvalue weighted by molar-refractivity contribution is -0.147. The maximum absolute atomic E-state index is 12.9. The molecular weight excluding hydrogens is 434 g/mol. The van der Waals surface area contributed by atoms with Gasteiger partial charge in [-0.2, -0.15) is 0 Å². The summed E-state index contributed by atoms with van der Waals surface area (Å²) < 4.78 is 17.8. The molecule has 1 aromatic carbocycles. The molecule has 33 heavy (non-hydrogen) atoms. The van der Waals surface area contributed by atoms with Gasteiger partial charge in [-0.15, -0.1) is 0 Å². The summed E-state index contributed by atoms with van der Waals surface area (Å²) >= 11 is 0. The predicted molar refractivity (Wildman–Crippen MR) is 136 cm³/mol. The maximum atomic E-state index is 12.9. The number of alkyl carbamates (subject to hydrolysis) is 1. The lowest BCUT2D eigenvalue weighted by Gasteiger charge is -2.42. The second kappa shape index (κ2) is 12.0. The van der Waals surface area contributed by atoms with E-state index in [0.717, 1.165) is 12.0 Å². The Morgan fingerprint density at radius 1 is 1.03 bits per heavy atom. The minimum atomic E-state index is -2.24. The van der Waals surface area contributed by atoms with E-state index in [4.69, 9.17) is 13.9 Å². The number of rotatable bonds is 10. The third-order valence-electron chi connectivity index (χ3n) is 6.20. The minimum absolute atomic E-state index is 0.0505. The Morgan fingerprint density at radius 3 is 2.09 bits per heavy atom. The van der Waals surface area contributed by atoms with E-state index < -0.39 is 26.1 Å². The number of benzene rings is 1. The molecule has 6 nitrogen and oxygen atoms in total. The van der Waals surface area contributed by atoms with E-state index in [-0.39, 0.29) is 36.0 Å². The third kappa shape index (κ3) is 10.3. The molecule has 0 spiro atoms. The van der Waals surface area contributed by atoms with Gasteiger partial charge < -0.3 is 19.2 Å². The molecule has 0 aliphatic heterocycles. The highest BCUT2D eigenvalue weighted by Crippen LogP contribution is 2.38. The molecular formula is C26H45NO5Si. The van der Waals surface area contributed by atoms with E-state index >= 15 is 0 Å². The van der Waals surface area contributed by atoms with Crippen LogP contribution in [0, 0.1) is 5.92 Å². The van der Waals surface area contributed by atoms with Gasteiger partial charge in [-0.1, -0.05) is 71.4 Å². The molecule has 7 heteroatoms. The molecule has 0 radical (unpaired) electrons. The Labute approximate surface area is 201 Å². The summed E-state index contributed by atoms with van der Waals surface area (Å²) in [6.07, 6.45) is -0.146. The van der Waals surface area contributed by atoms with E-state index in [1.807, 2.05) is 51.1 Å². The number of nitrogens with one attached hydrogen (secondary N) is 1. The Bertz CT molecular complexity index is 752. The Morgan fingerprint density at radius 2 is 1.61 bits per heavy atom. The van der Waals surface area contributed by atoms with Crippen molar-refractivity contribution < 1.29 is 23.5 Å². The molecule has 0 aromatic heterocycles. The maximum Gasteiger partial charge on any atom is 0.407 e. The van der Waals surface area contributed by atoms with Crippen LogP contribution in [0.15, 0.2) is 30.3 Å². The smallest absolute Gasteiger partial charge is 0.407 e. The van der Waals surface area contributed by atoms with Crippen molar-refractivity contribution in [3.8, 4) is 0 Å². The van der Waals surface area contributed by atoms with Gasteiger partial charge in [0.2, 0.25) is 0 Å². The second-order valence-electron chi connectivity index (χ2n) is 11.3. The van der Waals surface area contributed by atoms with E-state index in [1.165, 1.54) is 0 Å². The fourth-order valence-electron chi connectivity index (χ4n) is 3.06. The first-order chi connectivity index (χ1) is 15.1. The topological polar surface area (TPSA) is 73.9 Å². The molecule has 1 aromatic rings. The minimum Gasteiger partial charge on any atom is -0.461 e. The molecule has 0 bridgehead atoms. The van der Waals surface area contributed by atoms with Gasteiger partial charge in [0.05, 0.1) is 18.6 Å². The number of carbonyl (C=O) groups is 2. The SMILES string of the molecule is CC[C@H](C)[C@H](NC(=O)OC(C)(C)C)[C@H](CC(=O)OCc1ccccc1)O[Si](C)(C)C(C)(C)C. The largest absolute Gasteiger partial charge is 0.461 e. The van der Waals surface area contributed by atoms with Crippen LogP contribution in [0.25, 0.3) is 0 Å². The van der Waals surface area contributed by atoms with Crippen molar-refractivity contribution in [2.45, 2.75) is 111 Å². The van der Waals surface area contributed by atoms with Gasteiger partial charge in [-0.05, 0) is 50.4 Å². The lowest BCUT2D eigenvalue weighted by Crippen LogP contribution is -2.55. The van der Waals surface area contributed by atoms with Gasteiger partial charge in [0, 0.05) is 0 Å². The molecule has 3 atom stereocenters. The van der Waals surface area contributed by atoms with Crippen LogP contribution in [0.2, 0.25) is 18.1 Å². The number of amides is 1. The fraction of sp³-hybridized carbons (Fsp3) is 0.692. The van der Waals surface area contributed by atoms with E-state index in [0.29, 0.717) is 0 Å². The van der Waals surface area contributed by atoms with Crippen molar-refractivity contribution in [2.75, 3.05) is 0 Å². The summed E-state index contributed by atoms with van der Waals surface area (Å²) in [6, 6.07) is 9.20. The average molecular weight is 480 g/mol. The molecule has 0 aliphatic carbocycles. The van der Waals surface area contributed by atoms with Crippen molar-refractivity contribution >= 4 is 20.4 Å². The summed E-state index contributed by atoms with van der Waals surface area (Å²) in [5, 5.41) is 2.96. The molecule has 1 amide bonds. The molecule has 0 saturated carbocycles. The third-order valence-corrected chi connectivity index (χ3v) is 10.7. The number of carbonyl (C=O) groups excluding carboxylic acids is 2. The number of hydrogen-bond acceptors (Lipinski definition) is 5. The van der Waals surface area contributed by atoms with Crippen LogP contribution in [0.1, 0.15) is 73.8 Å². The van der Waals surface area contributed by atoms with Gasteiger partial charge in [0.1, 0.15) is 12.2 Å². The Balaban J connectivity index is 3.11. The highest BCUT2D eigenvalue weighted by Gasteiger charge is 2.43. The second-order valence-corrected chi connectivity index (χ2v) is 16.1. The van der Waals surface area contributed by atoms with E-state index in [9.17, 15) is 9.59 Å². The molecule has 0 heterocycles. The molecule has 0 unspecified atom stereocenters. The van der Waals surface area contributed by atoms with Gasteiger partial charge in [-0.25, -0.2) is 4.79 Å². The standard InChI is InChI=1S/C26H45NO5Si/c1-11-19(2)23(27-24(29)31-25(3,4)5)21(32-33(9,10)26(6,7)8)17-22(28)30-18-20-15-13-12-14-16-20/h12-16,19,21,23H,11,17-18H2,1-10H3,(H,27,29)/t19-,21-,23-/m0/s1. The predicted octanol–water partition coefficient (Wildman–Crippen LogP) is 6.45. The highest BCUT2D eigenvalue weighted by molar-refractivity contribution is 6.74. The first kappa shape index (κ1) is 29.2. The number of hydrogen-bond donors (Lipinski definition) is 1. The normalized spacial score (nSPS) is 15.3. The van der Waals surface area contributed by atoms with Crippen LogP contribution in [0.5, 0.6) is 0 Å². The van der Waals surface area contributed by atoms with Gasteiger partial charge >= 0.3 is 12.1 Å². The van der Waals surface area contributed by atoms with Crippen molar-refractivity contribution in [1.82, 2.24) is 5.32 Å². The van der Waals surface area contributed by atoms with Crippen LogP contribution in [0.4, 0.5) is 4.79 Å². The number of esters is 1. The van der Waals surface area contributed by atoms with E-state index in [1.54, 1.807) is 0 Å². The first-order valence-electron chi connectivity index (χ1n) is 11.9. The molecule has 0 aliphatic rings. The van der Waals surface area contributed by atoms with Crippen molar-refractivity contribution in [2.24, 2.45) is 5.92 Å². The molecule has 188 valence electrons. The average Bonchev–Trinajstić information content (AvgIpc) is 2.68. The summed E-state index contributed by atoms with van der Waals surface area (Å²) in [7, 11) is -2.24. The zero-order valence-corrected chi connectivity index (χ0v) is 23.3. The Kier molecular flexibility index (Phi) is 10.6. The molecule has 1 N–H and O–H groups in total. The first-order valence-corrected chi connectivity index (χ1v) is 14.8. The van der Waals surface area contributed by atoms with Crippen molar-refractivity contribution in [1.29, 1.82) is 0 Å². The van der Waals surface area contributed by atoms with Crippen LogP contribution < -0.4 is 5.32 Å². The van der Waals surface area contributed by atoms with Crippen LogP contribution in [-0.2, 0) is 25.3 Å². The molecule has 1 rings (SSSR count). The summed E-state index contributed by atoms with van der Waals surface area (Å²) in [6.45, 7) is 20.6.